The molecule has 0 radical (unpaired) electrons. The van der Waals surface area contributed by atoms with Crippen LogP contribution in [0.15, 0.2) is 23.8 Å². The van der Waals surface area contributed by atoms with Gasteiger partial charge in [-0.3, -0.25) is 4.79 Å². The van der Waals surface area contributed by atoms with Crippen LogP contribution >= 0.6 is 0 Å². The first-order valence-electron chi connectivity index (χ1n) is 9.98. The molecule has 25 heavy (non-hydrogen) atoms. The lowest BCUT2D eigenvalue weighted by Gasteiger charge is -2.18. The molecule has 2 aliphatic carbocycles. The Balaban J connectivity index is 1.70. The lowest BCUT2D eigenvalue weighted by molar-refractivity contribution is -0.137. The summed E-state index contributed by atoms with van der Waals surface area (Å²) in [4.78, 5) is 10.6. The summed E-state index contributed by atoms with van der Waals surface area (Å²) in [6.07, 6.45) is 16.9. The first-order valence-corrected chi connectivity index (χ1v) is 9.98. The number of carboxylic acids is 1. The Morgan fingerprint density at radius 3 is 2.72 bits per heavy atom. The van der Waals surface area contributed by atoms with E-state index in [1.54, 1.807) is 0 Å². The standard InChI is InChI=1S/C21H34O4/c22-12-8-4-2-1-3-5-10-18-19-14-16(9-6-7-11-21(24)25)13-17(19)15-20(18)23/h5,10,13,17-20,22-23H,1-4,6-9,11-12,14-15H2,(H,24,25)/t17-,18+,19-,20+/m1/s1. The quantitative estimate of drug-likeness (QED) is 0.366. The lowest BCUT2D eigenvalue weighted by atomic mass is 9.88. The van der Waals surface area contributed by atoms with E-state index in [9.17, 15) is 9.90 Å². The van der Waals surface area contributed by atoms with Crippen molar-refractivity contribution in [3.8, 4) is 0 Å². The molecule has 0 unspecified atom stereocenters. The van der Waals surface area contributed by atoms with Crippen LogP contribution in [-0.2, 0) is 4.79 Å². The lowest BCUT2D eigenvalue weighted by Crippen LogP contribution is -2.17. The van der Waals surface area contributed by atoms with Crippen LogP contribution in [0.25, 0.3) is 0 Å². The van der Waals surface area contributed by atoms with Crippen molar-refractivity contribution >= 4 is 5.97 Å². The topological polar surface area (TPSA) is 77.8 Å². The van der Waals surface area contributed by atoms with E-state index in [0.29, 0.717) is 18.4 Å². The Hall–Kier alpha value is -1.13. The highest BCUT2D eigenvalue weighted by Crippen LogP contribution is 2.48. The predicted octanol–water partition coefficient (Wildman–Crippen LogP) is 4.07. The van der Waals surface area contributed by atoms with E-state index in [1.165, 1.54) is 5.57 Å². The van der Waals surface area contributed by atoms with Gasteiger partial charge in [-0.25, -0.2) is 0 Å². The van der Waals surface area contributed by atoms with Gasteiger partial charge < -0.3 is 15.3 Å². The second-order valence-electron chi connectivity index (χ2n) is 7.69. The monoisotopic (exact) mass is 350 g/mol. The molecular formula is C21H34O4. The van der Waals surface area contributed by atoms with Gasteiger partial charge >= 0.3 is 5.97 Å². The number of aliphatic hydroxyl groups is 2. The average molecular weight is 350 g/mol. The first-order chi connectivity index (χ1) is 12.1. The summed E-state index contributed by atoms with van der Waals surface area (Å²) in [5, 5.41) is 27.8. The summed E-state index contributed by atoms with van der Waals surface area (Å²) in [7, 11) is 0. The number of hydrogen-bond donors (Lipinski definition) is 3. The molecule has 0 heterocycles. The maximum atomic E-state index is 10.6. The number of unbranched alkanes of at least 4 members (excludes halogenated alkanes) is 5. The number of carboxylic acid groups (broad SMARTS) is 1. The molecule has 0 saturated heterocycles. The zero-order valence-electron chi connectivity index (χ0n) is 15.3. The van der Waals surface area contributed by atoms with Crippen molar-refractivity contribution in [3.63, 3.8) is 0 Å². The smallest absolute Gasteiger partial charge is 0.303 e. The number of aliphatic carboxylic acids is 1. The molecule has 142 valence electrons. The van der Waals surface area contributed by atoms with Gasteiger partial charge in [0.05, 0.1) is 6.10 Å². The van der Waals surface area contributed by atoms with Gasteiger partial charge in [0, 0.05) is 18.9 Å². The second kappa shape index (κ2) is 10.8. The Morgan fingerprint density at radius 2 is 1.96 bits per heavy atom. The Labute approximate surface area is 151 Å². The van der Waals surface area contributed by atoms with Gasteiger partial charge in [-0.1, -0.05) is 36.6 Å². The highest BCUT2D eigenvalue weighted by atomic mass is 16.4. The third kappa shape index (κ3) is 6.59. The van der Waals surface area contributed by atoms with Crippen LogP contribution < -0.4 is 0 Å². The molecule has 3 N–H and O–H groups in total. The molecule has 0 aromatic carbocycles. The summed E-state index contributed by atoms with van der Waals surface area (Å²) in [6.45, 7) is 0.290. The Bertz CT molecular complexity index is 469. The number of allylic oxidation sites excluding steroid dienone is 3. The summed E-state index contributed by atoms with van der Waals surface area (Å²) in [5.74, 6) is 0.607. The van der Waals surface area contributed by atoms with Crippen LogP contribution in [0.4, 0.5) is 0 Å². The van der Waals surface area contributed by atoms with E-state index in [1.807, 2.05) is 0 Å². The maximum absolute atomic E-state index is 10.6. The highest BCUT2D eigenvalue weighted by molar-refractivity contribution is 5.66. The van der Waals surface area contributed by atoms with Crippen LogP contribution in [-0.4, -0.2) is 34.0 Å². The van der Waals surface area contributed by atoms with E-state index in [0.717, 1.165) is 64.2 Å². The third-order valence-corrected chi connectivity index (χ3v) is 5.73. The normalized spacial score (nSPS) is 28.5. The molecule has 0 aliphatic heterocycles. The Kier molecular flexibility index (Phi) is 8.70. The molecule has 0 aromatic heterocycles. The zero-order valence-corrected chi connectivity index (χ0v) is 15.3. The molecule has 1 saturated carbocycles. The van der Waals surface area contributed by atoms with Crippen LogP contribution in [0.5, 0.6) is 0 Å². The van der Waals surface area contributed by atoms with E-state index < -0.39 is 5.97 Å². The summed E-state index contributed by atoms with van der Waals surface area (Å²) in [5.41, 5.74) is 1.47. The van der Waals surface area contributed by atoms with Crippen molar-refractivity contribution in [3.05, 3.63) is 23.8 Å². The molecule has 4 heteroatoms. The molecule has 0 spiro atoms. The van der Waals surface area contributed by atoms with Gasteiger partial charge in [-0.15, -0.1) is 0 Å². The van der Waals surface area contributed by atoms with Crippen molar-refractivity contribution in [2.75, 3.05) is 6.61 Å². The molecule has 4 atom stereocenters. The number of hydrogen-bond acceptors (Lipinski definition) is 3. The molecule has 0 aromatic rings. The molecular weight excluding hydrogens is 316 g/mol. The summed E-state index contributed by atoms with van der Waals surface area (Å²) < 4.78 is 0. The first kappa shape index (κ1) is 20.2. The van der Waals surface area contributed by atoms with Crippen LogP contribution in [0.1, 0.15) is 70.6 Å². The van der Waals surface area contributed by atoms with Crippen molar-refractivity contribution in [2.24, 2.45) is 17.8 Å². The van der Waals surface area contributed by atoms with Crippen LogP contribution in [0, 0.1) is 17.8 Å². The van der Waals surface area contributed by atoms with E-state index in [-0.39, 0.29) is 18.4 Å². The average Bonchev–Trinajstić information content (AvgIpc) is 3.08. The predicted molar refractivity (Wildman–Crippen MR) is 99.2 cm³/mol. The van der Waals surface area contributed by atoms with Crippen molar-refractivity contribution in [2.45, 2.75) is 76.7 Å². The van der Waals surface area contributed by atoms with E-state index in [2.05, 4.69) is 18.2 Å². The fourth-order valence-electron chi connectivity index (χ4n) is 4.40. The minimum absolute atomic E-state index is 0.217. The molecule has 1 fully saturated rings. The maximum Gasteiger partial charge on any atom is 0.303 e. The molecule has 0 bridgehead atoms. The van der Waals surface area contributed by atoms with E-state index >= 15 is 0 Å². The molecule has 0 amide bonds. The number of aliphatic hydroxyl groups excluding tert-OH is 2. The van der Waals surface area contributed by atoms with Gasteiger partial charge in [0.15, 0.2) is 0 Å². The summed E-state index contributed by atoms with van der Waals surface area (Å²) in [6, 6.07) is 0. The fourth-order valence-corrected chi connectivity index (χ4v) is 4.40. The fraction of sp³-hybridized carbons (Fsp3) is 0.762. The van der Waals surface area contributed by atoms with Gasteiger partial charge in [0.2, 0.25) is 0 Å². The van der Waals surface area contributed by atoms with Crippen LogP contribution in [0.3, 0.4) is 0 Å². The number of rotatable bonds is 12. The molecule has 2 rings (SSSR count). The van der Waals surface area contributed by atoms with Gasteiger partial charge in [-0.05, 0) is 63.2 Å². The van der Waals surface area contributed by atoms with E-state index in [4.69, 9.17) is 10.2 Å². The van der Waals surface area contributed by atoms with Crippen molar-refractivity contribution < 1.29 is 20.1 Å². The largest absolute Gasteiger partial charge is 0.481 e. The Morgan fingerprint density at radius 1 is 1.16 bits per heavy atom. The minimum atomic E-state index is -0.707. The van der Waals surface area contributed by atoms with Gasteiger partial charge in [-0.2, -0.15) is 0 Å². The highest BCUT2D eigenvalue weighted by Gasteiger charge is 2.42. The van der Waals surface area contributed by atoms with Crippen molar-refractivity contribution in [1.29, 1.82) is 0 Å². The SMILES string of the molecule is O=C(O)CCCCC1=C[C@@H]2C[C@H](O)[C@@H](C=CCCCCCCO)[C@@H]2C1. The number of carbonyl (C=O) groups is 1. The third-order valence-electron chi connectivity index (χ3n) is 5.73. The van der Waals surface area contributed by atoms with Crippen molar-refractivity contribution in [1.82, 2.24) is 0 Å². The van der Waals surface area contributed by atoms with Gasteiger partial charge in [0.1, 0.15) is 0 Å². The minimum Gasteiger partial charge on any atom is -0.481 e. The second-order valence-corrected chi connectivity index (χ2v) is 7.69. The van der Waals surface area contributed by atoms with Gasteiger partial charge in [0.25, 0.3) is 0 Å². The number of fused-ring (bicyclic) bond motifs is 1. The summed E-state index contributed by atoms with van der Waals surface area (Å²) >= 11 is 0. The molecule has 4 nitrogen and oxygen atoms in total. The van der Waals surface area contributed by atoms with Crippen LogP contribution in [0.2, 0.25) is 0 Å². The molecule has 2 aliphatic rings. The zero-order chi connectivity index (χ0) is 18.1.